The fourth-order valence-electron chi connectivity index (χ4n) is 1.16. The van der Waals surface area contributed by atoms with Gasteiger partial charge in [0.25, 0.3) is 0 Å². The molecule has 0 atom stereocenters. The minimum atomic E-state index is -1.95. The SMILES string of the molecule is CC(C)(C)OC(=O)Nc1ncc(F)cc1B(O)O. The van der Waals surface area contributed by atoms with Gasteiger partial charge in [0, 0.05) is 5.46 Å². The zero-order chi connectivity index (χ0) is 13.9. The van der Waals surface area contributed by atoms with Crippen molar-refractivity contribution < 1.29 is 24.0 Å². The second-order valence-electron chi connectivity index (χ2n) is 4.59. The maximum Gasteiger partial charge on any atom is 0.492 e. The van der Waals surface area contributed by atoms with Crippen LogP contribution < -0.4 is 10.8 Å². The first-order valence-corrected chi connectivity index (χ1v) is 5.20. The van der Waals surface area contributed by atoms with Crippen LogP contribution in [0.25, 0.3) is 0 Å². The predicted molar refractivity (Wildman–Crippen MR) is 63.9 cm³/mol. The molecule has 0 bridgehead atoms. The molecule has 0 fully saturated rings. The van der Waals surface area contributed by atoms with Gasteiger partial charge in [-0.1, -0.05) is 0 Å². The molecule has 1 heterocycles. The Balaban J connectivity index is 2.88. The number of halogens is 1. The number of nitrogens with zero attached hydrogens (tertiary/aromatic N) is 1. The summed E-state index contributed by atoms with van der Waals surface area (Å²) in [6.45, 7) is 5.02. The van der Waals surface area contributed by atoms with Crippen LogP contribution in [0.2, 0.25) is 0 Å². The van der Waals surface area contributed by atoms with Crippen LogP contribution >= 0.6 is 0 Å². The van der Waals surface area contributed by atoms with Crippen molar-refractivity contribution >= 4 is 24.5 Å². The number of aromatic nitrogens is 1. The first-order chi connectivity index (χ1) is 8.19. The van der Waals surface area contributed by atoms with Crippen LogP contribution in [0.15, 0.2) is 12.3 Å². The Morgan fingerprint density at radius 2 is 2.11 bits per heavy atom. The molecule has 0 aliphatic heterocycles. The number of hydrogen-bond acceptors (Lipinski definition) is 5. The maximum absolute atomic E-state index is 12.9. The minimum absolute atomic E-state index is 0.166. The van der Waals surface area contributed by atoms with Gasteiger partial charge in [0.1, 0.15) is 17.2 Å². The van der Waals surface area contributed by atoms with E-state index in [0.29, 0.717) is 0 Å². The molecule has 0 aliphatic rings. The second kappa shape index (κ2) is 5.32. The summed E-state index contributed by atoms with van der Waals surface area (Å²) in [5.74, 6) is -0.909. The normalized spacial score (nSPS) is 11.0. The fourth-order valence-corrected chi connectivity index (χ4v) is 1.16. The van der Waals surface area contributed by atoms with E-state index in [1.165, 1.54) is 0 Å². The first kappa shape index (κ1) is 14.4. The van der Waals surface area contributed by atoms with E-state index < -0.39 is 24.6 Å². The van der Waals surface area contributed by atoms with Gasteiger partial charge in [-0.05, 0) is 26.8 Å². The molecule has 1 aromatic heterocycles. The third-order valence-electron chi connectivity index (χ3n) is 1.78. The Morgan fingerprint density at radius 3 is 2.61 bits per heavy atom. The van der Waals surface area contributed by atoms with Crippen LogP contribution in [-0.2, 0) is 4.74 Å². The number of pyridine rings is 1. The van der Waals surface area contributed by atoms with Crippen molar-refractivity contribution in [2.24, 2.45) is 0 Å². The van der Waals surface area contributed by atoms with E-state index in [9.17, 15) is 9.18 Å². The molecule has 0 aliphatic carbocycles. The molecule has 0 radical (unpaired) electrons. The Hall–Kier alpha value is -1.67. The molecule has 8 heteroatoms. The van der Waals surface area contributed by atoms with Crippen molar-refractivity contribution in [1.29, 1.82) is 0 Å². The third-order valence-corrected chi connectivity index (χ3v) is 1.78. The van der Waals surface area contributed by atoms with Crippen LogP contribution in [0.3, 0.4) is 0 Å². The van der Waals surface area contributed by atoms with Crippen LogP contribution in [-0.4, -0.2) is 33.8 Å². The summed E-state index contributed by atoms with van der Waals surface area (Å²) in [5, 5.41) is 20.3. The molecule has 0 saturated carbocycles. The fraction of sp³-hybridized carbons (Fsp3) is 0.400. The van der Waals surface area contributed by atoms with Crippen molar-refractivity contribution in [2.75, 3.05) is 5.32 Å². The van der Waals surface area contributed by atoms with Gasteiger partial charge in [0.05, 0.1) is 6.20 Å². The van der Waals surface area contributed by atoms with E-state index in [1.807, 2.05) is 0 Å². The van der Waals surface area contributed by atoms with E-state index >= 15 is 0 Å². The smallest absolute Gasteiger partial charge is 0.444 e. The quantitative estimate of drug-likeness (QED) is 0.659. The third kappa shape index (κ3) is 4.30. The summed E-state index contributed by atoms with van der Waals surface area (Å²) in [4.78, 5) is 15.0. The summed E-state index contributed by atoms with van der Waals surface area (Å²) < 4.78 is 17.8. The van der Waals surface area contributed by atoms with Gasteiger partial charge < -0.3 is 14.8 Å². The molecule has 6 nitrogen and oxygen atoms in total. The number of carbonyl (C=O) groups is 1. The highest BCUT2D eigenvalue weighted by Gasteiger charge is 2.22. The van der Waals surface area contributed by atoms with Crippen LogP contribution in [0.4, 0.5) is 15.0 Å². The lowest BCUT2D eigenvalue weighted by Crippen LogP contribution is -2.36. The van der Waals surface area contributed by atoms with Gasteiger partial charge in [-0.25, -0.2) is 14.2 Å². The topological polar surface area (TPSA) is 91.7 Å². The van der Waals surface area contributed by atoms with E-state index in [2.05, 4.69) is 10.3 Å². The van der Waals surface area contributed by atoms with Crippen molar-refractivity contribution in [1.82, 2.24) is 4.98 Å². The van der Waals surface area contributed by atoms with Crippen LogP contribution in [0.1, 0.15) is 20.8 Å². The van der Waals surface area contributed by atoms with Crippen LogP contribution in [0, 0.1) is 5.82 Å². The van der Waals surface area contributed by atoms with Gasteiger partial charge in [0.2, 0.25) is 0 Å². The standard InChI is InChI=1S/C10H14BFN2O4/c1-10(2,3)18-9(15)14-8-7(11(16)17)4-6(12)5-13-8/h4-5,16-17H,1-3H3,(H,13,14,15). The summed E-state index contributed by atoms with van der Waals surface area (Å²) in [7, 11) is -1.95. The predicted octanol–water partition coefficient (Wildman–Crippen LogP) is 0.247. The average molecular weight is 256 g/mol. The van der Waals surface area contributed by atoms with E-state index in [-0.39, 0.29) is 11.3 Å². The summed E-state index contributed by atoms with van der Waals surface area (Å²) in [6, 6.07) is 0.865. The monoisotopic (exact) mass is 256 g/mol. The number of rotatable bonds is 2. The average Bonchev–Trinajstić information content (AvgIpc) is 2.17. The summed E-state index contributed by atoms with van der Waals surface area (Å²) >= 11 is 0. The number of anilines is 1. The highest BCUT2D eigenvalue weighted by molar-refractivity contribution is 6.60. The lowest BCUT2D eigenvalue weighted by atomic mass is 9.80. The number of hydrogen-bond donors (Lipinski definition) is 3. The van der Waals surface area contributed by atoms with E-state index in [4.69, 9.17) is 14.8 Å². The largest absolute Gasteiger partial charge is 0.492 e. The van der Waals surface area contributed by atoms with Crippen molar-refractivity contribution in [3.05, 3.63) is 18.1 Å². The lowest BCUT2D eigenvalue weighted by Gasteiger charge is -2.20. The zero-order valence-electron chi connectivity index (χ0n) is 10.3. The molecule has 0 aromatic carbocycles. The maximum atomic E-state index is 12.9. The van der Waals surface area contributed by atoms with Crippen LogP contribution in [0.5, 0.6) is 0 Å². The molecule has 1 rings (SSSR count). The Morgan fingerprint density at radius 1 is 1.50 bits per heavy atom. The Bertz CT molecular complexity index is 448. The highest BCUT2D eigenvalue weighted by Crippen LogP contribution is 2.09. The molecule has 0 saturated heterocycles. The van der Waals surface area contributed by atoms with Gasteiger partial charge in [-0.2, -0.15) is 0 Å². The Labute approximate surface area is 104 Å². The van der Waals surface area contributed by atoms with Crippen molar-refractivity contribution in [2.45, 2.75) is 26.4 Å². The van der Waals surface area contributed by atoms with Gasteiger partial charge in [0.15, 0.2) is 0 Å². The molecule has 0 unspecified atom stereocenters. The minimum Gasteiger partial charge on any atom is -0.444 e. The van der Waals surface area contributed by atoms with Gasteiger partial charge in [-0.3, -0.25) is 5.32 Å². The molecule has 18 heavy (non-hydrogen) atoms. The van der Waals surface area contributed by atoms with Crippen molar-refractivity contribution in [3.8, 4) is 0 Å². The summed E-state index contributed by atoms with van der Waals surface area (Å²) in [6.07, 6.45) is 0.0296. The molecular weight excluding hydrogens is 242 g/mol. The van der Waals surface area contributed by atoms with Gasteiger partial charge in [-0.15, -0.1) is 0 Å². The second-order valence-corrected chi connectivity index (χ2v) is 4.59. The van der Waals surface area contributed by atoms with E-state index in [0.717, 1.165) is 12.3 Å². The first-order valence-electron chi connectivity index (χ1n) is 5.20. The molecule has 1 aromatic rings. The molecule has 3 N–H and O–H groups in total. The number of carbonyl (C=O) groups excluding carboxylic acids is 1. The highest BCUT2D eigenvalue weighted by atomic mass is 19.1. The molecule has 98 valence electrons. The number of ether oxygens (including phenoxy) is 1. The molecule has 1 amide bonds. The number of amides is 1. The zero-order valence-corrected chi connectivity index (χ0v) is 10.3. The lowest BCUT2D eigenvalue weighted by molar-refractivity contribution is 0.0635. The molecule has 0 spiro atoms. The molecular formula is C10H14BFN2O4. The number of nitrogens with one attached hydrogen (secondary N) is 1. The van der Waals surface area contributed by atoms with E-state index in [1.54, 1.807) is 20.8 Å². The van der Waals surface area contributed by atoms with Crippen molar-refractivity contribution in [3.63, 3.8) is 0 Å². The summed E-state index contributed by atoms with van der Waals surface area (Å²) in [5.41, 5.74) is -0.955. The Kier molecular flexibility index (Phi) is 4.26. The van der Waals surface area contributed by atoms with Gasteiger partial charge >= 0.3 is 13.2 Å².